The van der Waals surface area contributed by atoms with E-state index in [1.807, 2.05) is 20.8 Å². The number of oxime groups is 1. The standard InChI is InChI=1S/C35H48ClN5O7/c1-34(2,3)30(39-28(42)15-20-8-6-5-7-9-20)33(46)41-19-35(17-25(40-48-35)23-16-22(36)12-13-27(23)47-4)18-26(41)32(45)38-24(14-21-10-11-21)29(43)31(37)44/h12-13,16,20-21,24,26,30H,5-11,14-15,17-19H2,1-4H3,(H2,37,44)(H,38,45)(H,39,42)/t24-,26-,30+,35+/m0/s1. The molecule has 4 atom stereocenters. The maximum absolute atomic E-state index is 14.5. The molecule has 1 aromatic carbocycles. The summed E-state index contributed by atoms with van der Waals surface area (Å²) < 4.78 is 5.53. The van der Waals surface area contributed by atoms with Gasteiger partial charge in [0.1, 0.15) is 17.8 Å². The lowest BCUT2D eigenvalue weighted by Gasteiger charge is -2.36. The number of benzene rings is 1. The Bertz CT molecular complexity index is 1470. The van der Waals surface area contributed by atoms with E-state index in [0.717, 1.165) is 38.5 Å². The lowest BCUT2D eigenvalue weighted by molar-refractivity contribution is -0.145. The van der Waals surface area contributed by atoms with Gasteiger partial charge in [-0.3, -0.25) is 24.0 Å². The molecule has 3 fully saturated rings. The van der Waals surface area contributed by atoms with E-state index in [9.17, 15) is 24.0 Å². The predicted octanol–water partition coefficient (Wildman–Crippen LogP) is 3.65. The minimum absolute atomic E-state index is 0.00192. The Kier molecular flexibility index (Phi) is 10.7. The Morgan fingerprint density at radius 2 is 1.79 bits per heavy atom. The maximum Gasteiger partial charge on any atom is 0.287 e. The van der Waals surface area contributed by atoms with Gasteiger partial charge in [0, 0.05) is 29.8 Å². The van der Waals surface area contributed by atoms with Gasteiger partial charge in [0.15, 0.2) is 5.60 Å². The second-order valence-corrected chi connectivity index (χ2v) is 15.5. The fourth-order valence-electron chi connectivity index (χ4n) is 7.23. The molecule has 0 aromatic heterocycles. The van der Waals surface area contributed by atoms with Crippen molar-refractivity contribution in [3.63, 3.8) is 0 Å². The molecule has 48 heavy (non-hydrogen) atoms. The van der Waals surface area contributed by atoms with E-state index in [1.165, 1.54) is 18.4 Å². The van der Waals surface area contributed by atoms with Crippen LogP contribution in [-0.2, 0) is 28.8 Å². The Morgan fingerprint density at radius 1 is 1.08 bits per heavy atom. The first-order valence-corrected chi connectivity index (χ1v) is 17.4. The molecular formula is C35H48ClN5O7. The van der Waals surface area contributed by atoms with Crippen molar-refractivity contribution in [2.75, 3.05) is 13.7 Å². The van der Waals surface area contributed by atoms with Crippen LogP contribution < -0.4 is 21.1 Å². The van der Waals surface area contributed by atoms with Crippen molar-refractivity contribution < 1.29 is 33.5 Å². The van der Waals surface area contributed by atoms with Crippen molar-refractivity contribution in [2.45, 2.75) is 115 Å². The molecule has 2 heterocycles. The molecule has 1 saturated heterocycles. The quantitative estimate of drug-likeness (QED) is 0.282. The monoisotopic (exact) mass is 685 g/mol. The van der Waals surface area contributed by atoms with Crippen LogP contribution in [0.4, 0.5) is 0 Å². The van der Waals surface area contributed by atoms with Crippen LogP contribution in [0, 0.1) is 17.3 Å². The van der Waals surface area contributed by atoms with Crippen molar-refractivity contribution in [3.05, 3.63) is 28.8 Å². The van der Waals surface area contributed by atoms with E-state index >= 15 is 0 Å². The van der Waals surface area contributed by atoms with Gasteiger partial charge in [-0.2, -0.15) is 0 Å². The number of methoxy groups -OCH3 is 1. The molecule has 4 aliphatic rings. The van der Waals surface area contributed by atoms with Crippen LogP contribution in [-0.4, -0.2) is 77.4 Å². The van der Waals surface area contributed by atoms with Crippen LogP contribution >= 0.6 is 11.6 Å². The molecule has 1 aromatic rings. The second-order valence-electron chi connectivity index (χ2n) is 15.1. The Morgan fingerprint density at radius 3 is 2.42 bits per heavy atom. The average molecular weight is 686 g/mol. The number of rotatable bonds is 12. The highest BCUT2D eigenvalue weighted by molar-refractivity contribution is 6.37. The first kappa shape index (κ1) is 35.6. The van der Waals surface area contributed by atoms with Crippen molar-refractivity contribution in [2.24, 2.45) is 28.1 Å². The van der Waals surface area contributed by atoms with Crippen LogP contribution in [0.2, 0.25) is 5.02 Å². The largest absolute Gasteiger partial charge is 0.496 e. The molecule has 0 radical (unpaired) electrons. The highest BCUT2D eigenvalue weighted by atomic mass is 35.5. The van der Waals surface area contributed by atoms with Crippen LogP contribution in [0.1, 0.15) is 97.0 Å². The summed E-state index contributed by atoms with van der Waals surface area (Å²) in [5, 5.41) is 10.6. The number of halogens is 1. The molecule has 1 spiro atoms. The molecule has 2 aliphatic carbocycles. The summed E-state index contributed by atoms with van der Waals surface area (Å²) in [5.74, 6) is -2.21. The lowest BCUT2D eigenvalue weighted by Crippen LogP contribution is -2.59. The zero-order valence-corrected chi connectivity index (χ0v) is 29.1. The Balaban J connectivity index is 1.41. The molecule has 13 heteroatoms. The number of hydrogen-bond acceptors (Lipinski definition) is 8. The molecule has 262 valence electrons. The number of carbonyl (C=O) groups excluding carboxylic acids is 5. The zero-order chi connectivity index (χ0) is 34.8. The van der Waals surface area contributed by atoms with Crippen molar-refractivity contribution in [3.8, 4) is 5.75 Å². The summed E-state index contributed by atoms with van der Waals surface area (Å²) in [6.45, 7) is 5.61. The van der Waals surface area contributed by atoms with Gasteiger partial charge >= 0.3 is 0 Å². The molecule has 5 rings (SSSR count). The number of carbonyl (C=O) groups is 5. The number of primary amides is 1. The Hall–Kier alpha value is -3.67. The minimum Gasteiger partial charge on any atom is -0.496 e. The highest BCUT2D eigenvalue weighted by Crippen LogP contribution is 2.42. The number of ether oxygens (including phenoxy) is 1. The van der Waals surface area contributed by atoms with E-state index in [1.54, 1.807) is 18.2 Å². The van der Waals surface area contributed by atoms with Gasteiger partial charge in [-0.15, -0.1) is 0 Å². The molecule has 0 bridgehead atoms. The molecular weight excluding hydrogens is 638 g/mol. The summed E-state index contributed by atoms with van der Waals surface area (Å²) in [6.07, 6.45) is 8.07. The number of nitrogens with one attached hydrogen (secondary N) is 2. The lowest BCUT2D eigenvalue weighted by atomic mass is 9.84. The van der Waals surface area contributed by atoms with Gasteiger partial charge in [-0.05, 0) is 54.7 Å². The minimum atomic E-state index is -1.13. The number of nitrogens with two attached hydrogens (primary N) is 1. The average Bonchev–Trinajstić information content (AvgIpc) is 3.64. The Labute approximate surface area is 286 Å². The summed E-state index contributed by atoms with van der Waals surface area (Å²) in [4.78, 5) is 74.1. The molecule has 2 saturated carbocycles. The van der Waals surface area contributed by atoms with Gasteiger partial charge < -0.3 is 30.8 Å². The molecule has 4 N–H and O–H groups in total. The van der Waals surface area contributed by atoms with Gasteiger partial charge in [0.2, 0.25) is 23.5 Å². The van der Waals surface area contributed by atoms with Crippen LogP contribution in [0.5, 0.6) is 5.75 Å². The van der Waals surface area contributed by atoms with Crippen LogP contribution in [0.15, 0.2) is 23.4 Å². The van der Waals surface area contributed by atoms with E-state index in [-0.39, 0.29) is 37.1 Å². The van der Waals surface area contributed by atoms with Gasteiger partial charge in [-0.25, -0.2) is 0 Å². The third-order valence-corrected chi connectivity index (χ3v) is 10.3. The SMILES string of the molecule is COc1ccc(Cl)cc1C1=NO[C@]2(C1)C[C@@H](C(=O)N[C@@H](CC1CC1)C(=O)C(N)=O)N(C(=O)[C@@H](NC(=O)CC1CCCCC1)C(C)(C)C)C2. The topological polar surface area (TPSA) is 169 Å². The van der Waals surface area contributed by atoms with E-state index in [2.05, 4.69) is 15.8 Å². The first-order chi connectivity index (χ1) is 22.7. The van der Waals surface area contributed by atoms with Crippen molar-refractivity contribution in [1.29, 1.82) is 0 Å². The smallest absolute Gasteiger partial charge is 0.287 e. The van der Waals surface area contributed by atoms with Crippen molar-refractivity contribution in [1.82, 2.24) is 15.5 Å². The van der Waals surface area contributed by atoms with E-state index in [4.69, 9.17) is 26.9 Å². The number of hydrogen-bond donors (Lipinski definition) is 3. The third kappa shape index (κ3) is 8.30. The summed E-state index contributed by atoms with van der Waals surface area (Å²) in [6, 6.07) is 2.04. The predicted molar refractivity (Wildman–Crippen MR) is 179 cm³/mol. The number of nitrogens with zero attached hydrogens (tertiary/aromatic N) is 2. The fraction of sp³-hybridized carbons (Fsp3) is 0.657. The van der Waals surface area contributed by atoms with Crippen LogP contribution in [0.25, 0.3) is 0 Å². The molecule has 12 nitrogen and oxygen atoms in total. The molecule has 4 amide bonds. The van der Waals surface area contributed by atoms with Crippen LogP contribution in [0.3, 0.4) is 0 Å². The molecule has 0 unspecified atom stereocenters. The van der Waals surface area contributed by atoms with Gasteiger partial charge in [0.05, 0.1) is 25.4 Å². The number of amides is 4. The third-order valence-electron chi connectivity index (χ3n) is 10.1. The van der Waals surface area contributed by atoms with Gasteiger partial charge in [-0.1, -0.05) is 69.6 Å². The first-order valence-electron chi connectivity index (χ1n) is 17.0. The van der Waals surface area contributed by atoms with E-state index < -0.39 is 52.6 Å². The highest BCUT2D eigenvalue weighted by Gasteiger charge is 2.56. The number of likely N-dealkylation sites (tertiary alicyclic amines) is 1. The normalized spacial score (nSPS) is 24.0. The van der Waals surface area contributed by atoms with Gasteiger partial charge in [0.25, 0.3) is 5.91 Å². The summed E-state index contributed by atoms with van der Waals surface area (Å²) >= 11 is 6.30. The molecule has 2 aliphatic heterocycles. The maximum atomic E-state index is 14.5. The number of ketones is 1. The number of Topliss-reactive ketones (excluding diaryl/α,β-unsaturated/α-hetero) is 1. The fourth-order valence-corrected chi connectivity index (χ4v) is 7.40. The summed E-state index contributed by atoms with van der Waals surface area (Å²) in [7, 11) is 1.54. The summed E-state index contributed by atoms with van der Waals surface area (Å²) in [5.41, 5.74) is 4.75. The van der Waals surface area contributed by atoms with E-state index in [0.29, 0.717) is 34.9 Å². The second kappa shape index (κ2) is 14.4. The zero-order valence-electron chi connectivity index (χ0n) is 28.3. The van der Waals surface area contributed by atoms with Crippen molar-refractivity contribution >= 4 is 46.7 Å².